The van der Waals surface area contributed by atoms with Gasteiger partial charge < -0.3 is 15.7 Å². The fourth-order valence-electron chi connectivity index (χ4n) is 1.56. The summed E-state index contributed by atoms with van der Waals surface area (Å²) in [6, 6.07) is 8.07. The Morgan fingerprint density at radius 2 is 2.05 bits per heavy atom. The Hall–Kier alpha value is -1.98. The van der Waals surface area contributed by atoms with E-state index in [9.17, 15) is 0 Å². The van der Waals surface area contributed by atoms with Crippen LogP contribution in [0.2, 0.25) is 10.0 Å². The van der Waals surface area contributed by atoms with Crippen molar-refractivity contribution in [3.63, 3.8) is 0 Å². The smallest absolute Gasteiger partial charge is 0.220 e. The number of hydrogen-bond donors (Lipinski definition) is 2. The lowest BCUT2D eigenvalue weighted by atomic mass is 10.2. The SMILES string of the molecule is Cc1cc(/C(N)=N/O)cc(Oc2cc(Cl)ccc2Cl)n1. The second-order valence-corrected chi connectivity index (χ2v) is 4.84. The molecule has 0 aliphatic heterocycles. The van der Waals surface area contributed by atoms with E-state index < -0.39 is 0 Å². The normalized spacial score (nSPS) is 11.4. The fraction of sp³-hybridized carbons (Fsp3) is 0.0769. The molecule has 104 valence electrons. The predicted molar refractivity (Wildman–Crippen MR) is 78.0 cm³/mol. The lowest BCUT2D eigenvalue weighted by Crippen LogP contribution is -2.13. The Morgan fingerprint density at radius 3 is 2.75 bits per heavy atom. The first-order valence-electron chi connectivity index (χ1n) is 5.59. The maximum Gasteiger partial charge on any atom is 0.220 e. The zero-order valence-electron chi connectivity index (χ0n) is 10.5. The number of pyridine rings is 1. The van der Waals surface area contributed by atoms with Gasteiger partial charge in [-0.1, -0.05) is 28.4 Å². The number of nitrogens with two attached hydrogens (primary N) is 1. The Balaban J connectivity index is 2.38. The van der Waals surface area contributed by atoms with Crippen molar-refractivity contribution in [2.45, 2.75) is 6.92 Å². The van der Waals surface area contributed by atoms with Crippen LogP contribution in [-0.4, -0.2) is 16.0 Å². The Labute approximate surface area is 125 Å². The van der Waals surface area contributed by atoms with Crippen LogP contribution >= 0.6 is 23.2 Å². The highest BCUT2D eigenvalue weighted by Gasteiger charge is 2.09. The lowest BCUT2D eigenvalue weighted by Gasteiger charge is -2.09. The van der Waals surface area contributed by atoms with Gasteiger partial charge in [0.15, 0.2) is 5.84 Å². The van der Waals surface area contributed by atoms with E-state index in [-0.39, 0.29) is 11.7 Å². The molecule has 3 N–H and O–H groups in total. The van der Waals surface area contributed by atoms with E-state index in [4.69, 9.17) is 38.9 Å². The van der Waals surface area contributed by atoms with E-state index in [1.54, 1.807) is 37.3 Å². The molecule has 5 nitrogen and oxygen atoms in total. The van der Waals surface area contributed by atoms with Gasteiger partial charge in [-0.05, 0) is 25.1 Å². The molecule has 0 atom stereocenters. The maximum absolute atomic E-state index is 8.70. The minimum atomic E-state index is -0.0301. The molecule has 1 aromatic heterocycles. The molecule has 0 fully saturated rings. The second-order valence-electron chi connectivity index (χ2n) is 4.00. The van der Waals surface area contributed by atoms with Gasteiger partial charge in [-0.15, -0.1) is 0 Å². The van der Waals surface area contributed by atoms with Crippen molar-refractivity contribution >= 4 is 29.0 Å². The van der Waals surface area contributed by atoms with Gasteiger partial charge >= 0.3 is 0 Å². The minimum Gasteiger partial charge on any atom is -0.437 e. The van der Waals surface area contributed by atoms with Crippen LogP contribution in [0.15, 0.2) is 35.5 Å². The number of amidine groups is 1. The van der Waals surface area contributed by atoms with E-state index in [1.165, 1.54) is 0 Å². The van der Waals surface area contributed by atoms with Crippen LogP contribution in [0.5, 0.6) is 11.6 Å². The van der Waals surface area contributed by atoms with Crippen molar-refractivity contribution < 1.29 is 9.94 Å². The summed E-state index contributed by atoms with van der Waals surface area (Å²) in [5.41, 5.74) is 6.70. The van der Waals surface area contributed by atoms with Gasteiger partial charge in [0, 0.05) is 28.4 Å². The third-order valence-corrected chi connectivity index (χ3v) is 2.99. The largest absolute Gasteiger partial charge is 0.437 e. The number of aryl methyl sites for hydroxylation is 1. The van der Waals surface area contributed by atoms with E-state index in [1.807, 2.05) is 0 Å². The third-order valence-electron chi connectivity index (χ3n) is 2.44. The van der Waals surface area contributed by atoms with Crippen LogP contribution in [0.25, 0.3) is 0 Å². The predicted octanol–water partition coefficient (Wildman–Crippen LogP) is 3.58. The number of benzene rings is 1. The standard InChI is InChI=1S/C13H11Cl2N3O2/c1-7-4-8(13(16)18-19)5-12(17-7)20-11-6-9(14)2-3-10(11)15/h2-6,19H,1H3,(H2,16,18). The summed E-state index contributed by atoms with van der Waals surface area (Å²) < 4.78 is 5.59. The number of rotatable bonds is 3. The van der Waals surface area contributed by atoms with Crippen LogP contribution in [0.4, 0.5) is 0 Å². The average molecular weight is 312 g/mol. The molecular weight excluding hydrogens is 301 g/mol. The molecular formula is C13H11Cl2N3O2. The van der Waals surface area contributed by atoms with Gasteiger partial charge in [-0.25, -0.2) is 4.98 Å². The van der Waals surface area contributed by atoms with E-state index >= 15 is 0 Å². The Morgan fingerprint density at radius 1 is 1.30 bits per heavy atom. The number of oxime groups is 1. The first-order valence-corrected chi connectivity index (χ1v) is 6.34. The molecule has 0 saturated heterocycles. The van der Waals surface area contributed by atoms with Crippen molar-refractivity contribution in [3.05, 3.63) is 51.6 Å². The van der Waals surface area contributed by atoms with Crippen LogP contribution in [0, 0.1) is 6.92 Å². The van der Waals surface area contributed by atoms with Gasteiger partial charge in [0.1, 0.15) is 5.75 Å². The topological polar surface area (TPSA) is 80.7 Å². The average Bonchev–Trinajstić information content (AvgIpc) is 2.41. The van der Waals surface area contributed by atoms with Crippen LogP contribution in [-0.2, 0) is 0 Å². The van der Waals surface area contributed by atoms with Crippen LogP contribution in [0.1, 0.15) is 11.3 Å². The summed E-state index contributed by atoms with van der Waals surface area (Å²) in [5.74, 6) is 0.621. The molecule has 0 spiro atoms. The molecule has 20 heavy (non-hydrogen) atoms. The maximum atomic E-state index is 8.70. The molecule has 0 unspecified atom stereocenters. The Bertz CT molecular complexity index is 675. The molecule has 0 bridgehead atoms. The first kappa shape index (κ1) is 14.4. The summed E-state index contributed by atoms with van der Waals surface area (Å²) in [5, 5.41) is 12.5. The monoisotopic (exact) mass is 311 g/mol. The highest BCUT2D eigenvalue weighted by Crippen LogP contribution is 2.31. The lowest BCUT2D eigenvalue weighted by molar-refractivity contribution is 0.318. The van der Waals surface area contributed by atoms with Gasteiger partial charge in [-0.3, -0.25) is 0 Å². The second kappa shape index (κ2) is 5.98. The van der Waals surface area contributed by atoms with E-state index in [0.29, 0.717) is 27.1 Å². The van der Waals surface area contributed by atoms with Crippen molar-refractivity contribution in [1.82, 2.24) is 4.98 Å². The molecule has 0 radical (unpaired) electrons. The number of hydrogen-bond acceptors (Lipinski definition) is 4. The molecule has 2 aromatic rings. The van der Waals surface area contributed by atoms with Crippen molar-refractivity contribution in [2.75, 3.05) is 0 Å². The zero-order valence-corrected chi connectivity index (χ0v) is 12.0. The zero-order chi connectivity index (χ0) is 14.7. The van der Waals surface area contributed by atoms with Crippen LogP contribution < -0.4 is 10.5 Å². The van der Waals surface area contributed by atoms with Crippen molar-refractivity contribution in [1.29, 1.82) is 0 Å². The minimum absolute atomic E-state index is 0.0301. The molecule has 0 aliphatic rings. The molecule has 2 rings (SSSR count). The highest BCUT2D eigenvalue weighted by molar-refractivity contribution is 6.34. The number of aromatic nitrogens is 1. The van der Waals surface area contributed by atoms with Crippen LogP contribution in [0.3, 0.4) is 0 Å². The molecule has 0 amide bonds. The summed E-state index contributed by atoms with van der Waals surface area (Å²) in [7, 11) is 0. The van der Waals surface area contributed by atoms with Crippen molar-refractivity contribution in [2.24, 2.45) is 10.9 Å². The number of halogens is 2. The molecule has 7 heteroatoms. The molecule has 1 aromatic carbocycles. The van der Waals surface area contributed by atoms with Gasteiger partial charge in [0.25, 0.3) is 0 Å². The summed E-state index contributed by atoms with van der Waals surface area (Å²) in [6.45, 7) is 1.76. The van der Waals surface area contributed by atoms with Crippen molar-refractivity contribution in [3.8, 4) is 11.6 Å². The Kier molecular flexibility index (Phi) is 4.32. The molecule has 0 saturated carbocycles. The summed E-state index contributed by atoms with van der Waals surface area (Å²) in [4.78, 5) is 4.20. The highest BCUT2D eigenvalue weighted by atomic mass is 35.5. The van der Waals surface area contributed by atoms with Gasteiger partial charge in [-0.2, -0.15) is 0 Å². The number of nitrogens with zero attached hydrogens (tertiary/aromatic N) is 2. The molecule has 1 heterocycles. The van der Waals surface area contributed by atoms with E-state index in [2.05, 4.69) is 10.1 Å². The summed E-state index contributed by atoms with van der Waals surface area (Å²) in [6.07, 6.45) is 0. The number of ether oxygens (including phenoxy) is 1. The van der Waals surface area contributed by atoms with Gasteiger partial charge in [0.05, 0.1) is 5.02 Å². The quantitative estimate of drug-likeness (QED) is 0.393. The fourth-order valence-corrected chi connectivity index (χ4v) is 1.88. The van der Waals surface area contributed by atoms with Gasteiger partial charge in [0.2, 0.25) is 5.88 Å². The molecule has 0 aliphatic carbocycles. The third kappa shape index (κ3) is 3.31. The first-order chi connectivity index (χ1) is 9.49. The van der Waals surface area contributed by atoms with E-state index in [0.717, 1.165) is 0 Å². The summed E-state index contributed by atoms with van der Waals surface area (Å²) >= 11 is 11.9.